The minimum Gasteiger partial charge on any atom is -0.497 e. The van der Waals surface area contributed by atoms with Crippen molar-refractivity contribution < 1.29 is 28.5 Å². The highest BCUT2D eigenvalue weighted by Gasteiger charge is 2.27. The van der Waals surface area contributed by atoms with E-state index in [0.29, 0.717) is 39.8 Å². The molecule has 2 aromatic rings. The highest BCUT2D eigenvalue weighted by molar-refractivity contribution is 6.32. The van der Waals surface area contributed by atoms with E-state index in [-0.39, 0.29) is 18.6 Å². The Morgan fingerprint density at radius 3 is 2.36 bits per heavy atom. The third kappa shape index (κ3) is 4.14. The Morgan fingerprint density at radius 1 is 1.07 bits per heavy atom. The van der Waals surface area contributed by atoms with Crippen LogP contribution in [0.1, 0.15) is 26.3 Å². The van der Waals surface area contributed by atoms with Gasteiger partial charge in [-0.15, -0.1) is 0 Å². The predicted molar refractivity (Wildman–Crippen MR) is 103 cm³/mol. The average Bonchev–Trinajstić information content (AvgIpc) is 3.14. The van der Waals surface area contributed by atoms with Crippen molar-refractivity contribution in [2.45, 2.75) is 12.5 Å². The van der Waals surface area contributed by atoms with Crippen LogP contribution in [-0.2, 0) is 11.2 Å². The second-order valence-corrected chi connectivity index (χ2v) is 6.60. The lowest BCUT2D eigenvalue weighted by Crippen LogP contribution is -2.34. The fourth-order valence-electron chi connectivity index (χ4n) is 2.98. The van der Waals surface area contributed by atoms with Gasteiger partial charge in [-0.05, 0) is 24.3 Å². The lowest BCUT2D eigenvalue weighted by Gasteiger charge is -2.13. The number of amides is 1. The van der Waals surface area contributed by atoms with Crippen molar-refractivity contribution in [2.24, 2.45) is 0 Å². The maximum absolute atomic E-state index is 12.5. The number of carbonyl (C=O) groups is 2. The second-order valence-electron chi connectivity index (χ2n) is 6.19. The van der Waals surface area contributed by atoms with Crippen LogP contribution in [0.3, 0.4) is 0 Å². The quantitative estimate of drug-likeness (QED) is 0.744. The number of carbonyl (C=O) groups excluding carboxylic acids is 2. The number of hydrogen-bond acceptors (Lipinski definition) is 6. The molecule has 0 saturated carbocycles. The topological polar surface area (TPSA) is 83.1 Å². The van der Waals surface area contributed by atoms with Crippen molar-refractivity contribution in [3.63, 3.8) is 0 Å². The van der Waals surface area contributed by atoms with E-state index in [2.05, 4.69) is 5.32 Å². The molecule has 1 N–H and O–H groups in total. The van der Waals surface area contributed by atoms with Gasteiger partial charge in [0, 0.05) is 23.6 Å². The standard InChI is InChI=1S/C20H20ClNO6/c1-25-14-6-12(7-15(9-14)26-2)19(23)22-10-16-5-11-4-13(20(24)27-3)8-17(21)18(11)28-16/h4,6-9,16H,5,10H2,1-3H3,(H,22,23)/t16-/m0/s1. The summed E-state index contributed by atoms with van der Waals surface area (Å²) >= 11 is 6.22. The summed E-state index contributed by atoms with van der Waals surface area (Å²) in [5.74, 6) is 0.829. The molecule has 148 valence electrons. The number of hydrogen-bond donors (Lipinski definition) is 1. The van der Waals surface area contributed by atoms with Gasteiger partial charge in [-0.2, -0.15) is 0 Å². The van der Waals surface area contributed by atoms with Gasteiger partial charge < -0.3 is 24.3 Å². The van der Waals surface area contributed by atoms with Crippen LogP contribution in [0, 0.1) is 0 Å². The van der Waals surface area contributed by atoms with Gasteiger partial charge >= 0.3 is 5.97 Å². The molecule has 28 heavy (non-hydrogen) atoms. The molecule has 1 aliphatic rings. The zero-order valence-electron chi connectivity index (χ0n) is 15.7. The summed E-state index contributed by atoms with van der Waals surface area (Å²) in [5, 5.41) is 3.17. The first-order valence-corrected chi connectivity index (χ1v) is 8.91. The molecular weight excluding hydrogens is 386 g/mol. The van der Waals surface area contributed by atoms with Crippen molar-refractivity contribution in [2.75, 3.05) is 27.9 Å². The smallest absolute Gasteiger partial charge is 0.337 e. The van der Waals surface area contributed by atoms with Crippen LogP contribution in [-0.4, -0.2) is 45.9 Å². The molecule has 0 fully saturated rings. The molecule has 0 unspecified atom stereocenters. The number of esters is 1. The van der Waals surface area contributed by atoms with Gasteiger partial charge in [-0.3, -0.25) is 4.79 Å². The lowest BCUT2D eigenvalue weighted by molar-refractivity contribution is 0.0600. The van der Waals surface area contributed by atoms with E-state index in [1.165, 1.54) is 27.4 Å². The van der Waals surface area contributed by atoms with Crippen LogP contribution in [0.4, 0.5) is 0 Å². The largest absolute Gasteiger partial charge is 0.497 e. The number of ether oxygens (including phenoxy) is 4. The monoisotopic (exact) mass is 405 g/mol. The second kappa shape index (κ2) is 8.39. The first-order chi connectivity index (χ1) is 13.4. The molecule has 7 nitrogen and oxygen atoms in total. The number of methoxy groups -OCH3 is 3. The Hall–Kier alpha value is -2.93. The van der Waals surface area contributed by atoms with E-state index in [1.807, 2.05) is 0 Å². The summed E-state index contributed by atoms with van der Waals surface area (Å²) in [4.78, 5) is 24.2. The number of halogens is 1. The predicted octanol–water partition coefficient (Wildman–Crippen LogP) is 2.88. The number of benzene rings is 2. The third-order valence-corrected chi connectivity index (χ3v) is 4.66. The van der Waals surface area contributed by atoms with E-state index >= 15 is 0 Å². The first-order valence-electron chi connectivity index (χ1n) is 8.53. The highest BCUT2D eigenvalue weighted by Crippen LogP contribution is 2.37. The number of fused-ring (bicyclic) bond motifs is 1. The Bertz CT molecular complexity index is 892. The zero-order chi connectivity index (χ0) is 20.3. The maximum Gasteiger partial charge on any atom is 0.337 e. The average molecular weight is 406 g/mol. The summed E-state index contributed by atoms with van der Waals surface area (Å²) < 4.78 is 20.9. The molecule has 0 bridgehead atoms. The van der Waals surface area contributed by atoms with Crippen LogP contribution < -0.4 is 19.5 Å². The SMILES string of the molecule is COC(=O)c1cc(Cl)c2c(c1)C[C@@H](CNC(=O)c1cc(OC)cc(OC)c1)O2. The zero-order valence-corrected chi connectivity index (χ0v) is 16.5. The van der Waals surface area contributed by atoms with Crippen molar-refractivity contribution in [3.05, 3.63) is 52.0 Å². The van der Waals surface area contributed by atoms with Crippen LogP contribution in [0.5, 0.6) is 17.2 Å². The molecule has 2 aromatic carbocycles. The Labute approximate surface area is 167 Å². The molecule has 0 radical (unpaired) electrons. The Balaban J connectivity index is 1.67. The van der Waals surface area contributed by atoms with Crippen molar-refractivity contribution in [1.29, 1.82) is 0 Å². The summed E-state index contributed by atoms with van der Waals surface area (Å²) in [6, 6.07) is 8.15. The minimum absolute atomic E-state index is 0.275. The van der Waals surface area contributed by atoms with Crippen molar-refractivity contribution in [1.82, 2.24) is 5.32 Å². The summed E-state index contributed by atoms with van der Waals surface area (Å²) in [5.41, 5.74) is 1.58. The lowest BCUT2D eigenvalue weighted by atomic mass is 10.1. The summed E-state index contributed by atoms with van der Waals surface area (Å²) in [6.07, 6.45) is 0.221. The fourth-order valence-corrected chi connectivity index (χ4v) is 3.27. The van der Waals surface area contributed by atoms with Gasteiger partial charge in [0.05, 0.1) is 38.5 Å². The van der Waals surface area contributed by atoms with Crippen LogP contribution in [0.2, 0.25) is 5.02 Å². The normalized spacial score (nSPS) is 14.6. The van der Waals surface area contributed by atoms with Gasteiger partial charge in [-0.25, -0.2) is 4.79 Å². The van der Waals surface area contributed by atoms with E-state index in [1.54, 1.807) is 24.3 Å². The number of rotatable bonds is 6. The van der Waals surface area contributed by atoms with E-state index < -0.39 is 5.97 Å². The minimum atomic E-state index is -0.464. The third-order valence-electron chi connectivity index (χ3n) is 4.38. The van der Waals surface area contributed by atoms with Crippen LogP contribution in [0.15, 0.2) is 30.3 Å². The van der Waals surface area contributed by atoms with E-state index in [9.17, 15) is 9.59 Å². The fraction of sp³-hybridized carbons (Fsp3) is 0.300. The molecular formula is C20H20ClNO6. The molecule has 8 heteroatoms. The Morgan fingerprint density at radius 2 is 1.75 bits per heavy atom. The highest BCUT2D eigenvalue weighted by atomic mass is 35.5. The molecule has 0 saturated heterocycles. The Kier molecular flexibility index (Phi) is 5.94. The van der Waals surface area contributed by atoms with E-state index in [0.717, 1.165) is 5.56 Å². The molecule has 1 aliphatic heterocycles. The maximum atomic E-state index is 12.5. The molecule has 0 spiro atoms. The van der Waals surface area contributed by atoms with E-state index in [4.69, 9.17) is 30.5 Å². The van der Waals surface area contributed by atoms with Crippen molar-refractivity contribution in [3.8, 4) is 17.2 Å². The van der Waals surface area contributed by atoms with Gasteiger partial charge in [0.25, 0.3) is 5.91 Å². The first kappa shape index (κ1) is 19.8. The summed E-state index contributed by atoms with van der Waals surface area (Å²) in [7, 11) is 4.35. The molecule has 1 atom stereocenters. The molecule has 1 heterocycles. The van der Waals surface area contributed by atoms with Gasteiger partial charge in [0.1, 0.15) is 23.4 Å². The molecule has 3 rings (SSSR count). The number of nitrogens with one attached hydrogen (secondary N) is 1. The van der Waals surface area contributed by atoms with Crippen molar-refractivity contribution >= 4 is 23.5 Å². The van der Waals surface area contributed by atoms with Gasteiger partial charge in [0.2, 0.25) is 0 Å². The molecule has 1 amide bonds. The molecule has 0 aromatic heterocycles. The summed E-state index contributed by atoms with van der Waals surface area (Å²) in [6.45, 7) is 0.275. The van der Waals surface area contributed by atoms with Crippen LogP contribution >= 0.6 is 11.6 Å². The van der Waals surface area contributed by atoms with Gasteiger partial charge in [0.15, 0.2) is 0 Å². The molecule has 0 aliphatic carbocycles. The van der Waals surface area contributed by atoms with Gasteiger partial charge in [-0.1, -0.05) is 11.6 Å². The van der Waals surface area contributed by atoms with Crippen LogP contribution in [0.25, 0.3) is 0 Å².